The number of pyridine rings is 2. The van der Waals surface area contributed by atoms with Crippen LogP contribution in [-0.2, 0) is 0 Å². The Balaban J connectivity index is 1.75. The first kappa shape index (κ1) is 18.7. The molecule has 4 rings (SSSR count). The molecule has 0 amide bonds. The minimum atomic E-state index is -0.410. The van der Waals surface area contributed by atoms with Gasteiger partial charge in [-0.1, -0.05) is 6.07 Å². The molecule has 3 heterocycles. The molecule has 1 saturated heterocycles. The van der Waals surface area contributed by atoms with E-state index in [1.165, 1.54) is 20.3 Å². The van der Waals surface area contributed by atoms with Crippen molar-refractivity contribution in [1.29, 1.82) is 0 Å². The number of methoxy groups -OCH3 is 2. The van der Waals surface area contributed by atoms with Gasteiger partial charge in [0.1, 0.15) is 11.6 Å². The van der Waals surface area contributed by atoms with E-state index in [0.717, 1.165) is 18.9 Å². The molecule has 0 N–H and O–H groups in total. The van der Waals surface area contributed by atoms with Crippen LogP contribution in [0.4, 0.5) is 17.3 Å². The average molecular weight is 395 g/mol. The fourth-order valence-electron chi connectivity index (χ4n) is 3.71. The molecule has 1 aromatic carbocycles. The first-order chi connectivity index (χ1) is 14.1. The average Bonchev–Trinajstić information content (AvgIpc) is 2.78. The zero-order valence-electron chi connectivity index (χ0n) is 16.2. The second-order valence-corrected chi connectivity index (χ2v) is 6.61. The van der Waals surface area contributed by atoms with Crippen molar-refractivity contribution in [2.24, 2.45) is 0 Å². The maximum absolute atomic E-state index is 11.6. The normalized spacial score (nSPS) is 14.1. The third kappa shape index (κ3) is 3.35. The van der Waals surface area contributed by atoms with Crippen LogP contribution in [0.25, 0.3) is 10.8 Å². The molecule has 0 unspecified atom stereocenters. The lowest BCUT2D eigenvalue weighted by Gasteiger charge is -2.36. The second-order valence-electron chi connectivity index (χ2n) is 6.61. The number of fused-ring (bicyclic) bond motifs is 1. The van der Waals surface area contributed by atoms with Gasteiger partial charge < -0.3 is 19.3 Å². The SMILES string of the molecule is COc1cc([N+](=O)[O-])c2ccnc(N3CCN(c4ccccn4)CC3)c2c1OC. The minimum Gasteiger partial charge on any atom is -0.493 e. The first-order valence-electron chi connectivity index (χ1n) is 9.23. The summed E-state index contributed by atoms with van der Waals surface area (Å²) in [7, 11) is 2.99. The Labute approximate surface area is 167 Å². The topological polar surface area (TPSA) is 93.9 Å². The molecule has 150 valence electrons. The van der Waals surface area contributed by atoms with Crippen LogP contribution < -0.4 is 19.3 Å². The van der Waals surface area contributed by atoms with Crippen molar-refractivity contribution < 1.29 is 14.4 Å². The molecule has 0 saturated carbocycles. The number of hydrogen-bond donors (Lipinski definition) is 0. The lowest BCUT2D eigenvalue weighted by atomic mass is 10.1. The van der Waals surface area contributed by atoms with Crippen LogP contribution in [-0.4, -0.2) is 55.3 Å². The minimum absolute atomic E-state index is 0.0339. The molecular formula is C20H21N5O4. The van der Waals surface area contributed by atoms with Crippen molar-refractivity contribution in [3.8, 4) is 11.5 Å². The monoisotopic (exact) mass is 395 g/mol. The van der Waals surface area contributed by atoms with E-state index >= 15 is 0 Å². The zero-order chi connectivity index (χ0) is 20.4. The van der Waals surface area contributed by atoms with Gasteiger partial charge in [0.15, 0.2) is 11.5 Å². The number of benzene rings is 1. The van der Waals surface area contributed by atoms with Crippen LogP contribution in [0, 0.1) is 10.1 Å². The molecule has 0 atom stereocenters. The number of non-ortho nitro benzene ring substituents is 1. The summed E-state index contributed by atoms with van der Waals surface area (Å²) in [5, 5.41) is 12.7. The van der Waals surface area contributed by atoms with Crippen molar-refractivity contribution >= 4 is 28.1 Å². The predicted octanol–water partition coefficient (Wildman–Crippen LogP) is 2.88. The lowest BCUT2D eigenvalue weighted by Crippen LogP contribution is -2.47. The summed E-state index contributed by atoms with van der Waals surface area (Å²) in [6.45, 7) is 2.95. The number of hydrogen-bond acceptors (Lipinski definition) is 8. The smallest absolute Gasteiger partial charge is 0.281 e. The lowest BCUT2D eigenvalue weighted by molar-refractivity contribution is -0.383. The summed E-state index contributed by atoms with van der Waals surface area (Å²) in [4.78, 5) is 24.5. The zero-order valence-corrected chi connectivity index (χ0v) is 16.2. The quantitative estimate of drug-likeness (QED) is 0.481. The number of rotatable bonds is 5. The molecule has 1 aliphatic heterocycles. The Morgan fingerprint density at radius 1 is 1.00 bits per heavy atom. The maximum Gasteiger partial charge on any atom is 0.281 e. The van der Waals surface area contributed by atoms with E-state index in [1.54, 1.807) is 18.5 Å². The van der Waals surface area contributed by atoms with Gasteiger partial charge in [-0.15, -0.1) is 0 Å². The Morgan fingerprint density at radius 2 is 1.76 bits per heavy atom. The van der Waals surface area contributed by atoms with Gasteiger partial charge in [0.05, 0.1) is 36.0 Å². The first-order valence-corrected chi connectivity index (χ1v) is 9.23. The number of nitrogens with zero attached hydrogens (tertiary/aromatic N) is 5. The van der Waals surface area contributed by atoms with Crippen LogP contribution in [0.15, 0.2) is 42.7 Å². The molecule has 3 aromatic rings. The molecular weight excluding hydrogens is 374 g/mol. The fourth-order valence-corrected chi connectivity index (χ4v) is 3.71. The van der Waals surface area contributed by atoms with E-state index in [1.807, 2.05) is 18.2 Å². The van der Waals surface area contributed by atoms with Gasteiger partial charge in [0.25, 0.3) is 5.69 Å². The van der Waals surface area contributed by atoms with Gasteiger partial charge in [-0.05, 0) is 18.2 Å². The Morgan fingerprint density at radius 3 is 2.38 bits per heavy atom. The highest BCUT2D eigenvalue weighted by Crippen LogP contribution is 2.44. The van der Waals surface area contributed by atoms with Crippen LogP contribution >= 0.6 is 0 Å². The third-order valence-corrected chi connectivity index (χ3v) is 5.10. The number of ether oxygens (including phenoxy) is 2. The Bertz CT molecular complexity index is 1040. The van der Waals surface area contributed by atoms with Crippen molar-refractivity contribution in [2.75, 3.05) is 50.2 Å². The van der Waals surface area contributed by atoms with E-state index in [9.17, 15) is 10.1 Å². The summed E-state index contributed by atoms with van der Waals surface area (Å²) < 4.78 is 10.9. The summed E-state index contributed by atoms with van der Waals surface area (Å²) in [6, 6.07) is 8.89. The summed E-state index contributed by atoms with van der Waals surface area (Å²) in [6.07, 6.45) is 3.38. The number of aromatic nitrogens is 2. The highest BCUT2D eigenvalue weighted by Gasteiger charge is 2.27. The van der Waals surface area contributed by atoms with Crippen LogP contribution in [0.1, 0.15) is 0 Å². The molecule has 9 heteroatoms. The Kier molecular flexibility index (Phi) is 5.03. The van der Waals surface area contributed by atoms with Gasteiger partial charge in [-0.2, -0.15) is 0 Å². The van der Waals surface area contributed by atoms with Gasteiger partial charge >= 0.3 is 0 Å². The van der Waals surface area contributed by atoms with Crippen molar-refractivity contribution in [1.82, 2.24) is 9.97 Å². The number of nitro benzene ring substituents is 1. The van der Waals surface area contributed by atoms with Crippen molar-refractivity contribution in [3.05, 3.63) is 52.8 Å². The molecule has 1 fully saturated rings. The second kappa shape index (κ2) is 7.78. The highest BCUT2D eigenvalue weighted by atomic mass is 16.6. The molecule has 0 aliphatic carbocycles. The predicted molar refractivity (Wildman–Crippen MR) is 110 cm³/mol. The van der Waals surface area contributed by atoms with Crippen molar-refractivity contribution in [2.45, 2.75) is 0 Å². The van der Waals surface area contributed by atoms with Gasteiger partial charge in [0.2, 0.25) is 0 Å². The van der Waals surface area contributed by atoms with Crippen LogP contribution in [0.3, 0.4) is 0 Å². The van der Waals surface area contributed by atoms with E-state index in [2.05, 4.69) is 19.8 Å². The van der Waals surface area contributed by atoms with E-state index in [0.29, 0.717) is 41.2 Å². The third-order valence-electron chi connectivity index (χ3n) is 5.10. The van der Waals surface area contributed by atoms with Crippen molar-refractivity contribution in [3.63, 3.8) is 0 Å². The molecule has 29 heavy (non-hydrogen) atoms. The van der Waals surface area contributed by atoms with Gasteiger partial charge in [0, 0.05) is 38.6 Å². The molecule has 0 spiro atoms. The van der Waals surface area contributed by atoms with Crippen LogP contribution in [0.5, 0.6) is 11.5 Å². The highest BCUT2D eigenvalue weighted by molar-refractivity contribution is 6.04. The number of anilines is 2. The Hall–Kier alpha value is -3.62. The molecule has 0 bridgehead atoms. The largest absolute Gasteiger partial charge is 0.493 e. The molecule has 2 aromatic heterocycles. The maximum atomic E-state index is 11.6. The number of nitro groups is 1. The fraction of sp³-hybridized carbons (Fsp3) is 0.300. The summed E-state index contributed by atoms with van der Waals surface area (Å²) in [5.74, 6) is 2.35. The van der Waals surface area contributed by atoms with Gasteiger partial charge in [-0.25, -0.2) is 9.97 Å². The summed E-state index contributed by atoms with van der Waals surface area (Å²) >= 11 is 0. The summed E-state index contributed by atoms with van der Waals surface area (Å²) in [5.41, 5.74) is -0.0339. The van der Waals surface area contributed by atoms with E-state index < -0.39 is 4.92 Å². The van der Waals surface area contributed by atoms with E-state index in [-0.39, 0.29) is 5.69 Å². The standard InChI is InChI=1S/C20H21N5O4/c1-28-16-13-15(25(26)27)14-6-8-22-20(18(14)19(16)29-2)24-11-9-23(10-12-24)17-5-3-4-7-21-17/h3-8,13H,9-12H2,1-2H3. The van der Waals surface area contributed by atoms with Crippen LogP contribution in [0.2, 0.25) is 0 Å². The van der Waals surface area contributed by atoms with Gasteiger partial charge in [-0.3, -0.25) is 10.1 Å². The molecule has 9 nitrogen and oxygen atoms in total. The van der Waals surface area contributed by atoms with E-state index in [4.69, 9.17) is 9.47 Å². The number of piperazine rings is 1. The molecule has 0 radical (unpaired) electrons. The molecule has 1 aliphatic rings.